The van der Waals surface area contributed by atoms with Crippen molar-refractivity contribution in [3.8, 4) is 0 Å². The summed E-state index contributed by atoms with van der Waals surface area (Å²) in [7, 11) is 0. The van der Waals surface area contributed by atoms with E-state index in [9.17, 15) is 9.59 Å². The number of Topliss-reactive ketones (excluding diaryl/α,β-unsaturated/α-hetero) is 1. The minimum Gasteiger partial charge on any atom is -0.293 e. The van der Waals surface area contributed by atoms with Crippen LogP contribution in [0.25, 0.3) is 0 Å². The molecular weight excluding hydrogens is 276 g/mol. The number of rotatable bonds is 7. The first-order valence-corrected chi connectivity index (χ1v) is 8.02. The third-order valence-electron chi connectivity index (χ3n) is 4.02. The van der Waals surface area contributed by atoms with Gasteiger partial charge in [-0.15, -0.1) is 0 Å². The molecule has 1 aliphatic rings. The molecule has 22 heavy (non-hydrogen) atoms. The number of hydrogen-bond donors (Lipinski definition) is 0. The molecule has 0 aliphatic carbocycles. The second kappa shape index (κ2) is 7.34. The highest BCUT2D eigenvalue weighted by Gasteiger charge is 2.38. The van der Waals surface area contributed by atoms with E-state index in [1.807, 2.05) is 19.1 Å². The highest BCUT2D eigenvalue weighted by molar-refractivity contribution is 6.26. The first-order chi connectivity index (χ1) is 10.5. The van der Waals surface area contributed by atoms with Gasteiger partial charge in [-0.1, -0.05) is 56.0 Å². The van der Waals surface area contributed by atoms with E-state index in [1.165, 1.54) is 5.01 Å². The maximum Gasteiger partial charge on any atom is 0.259 e. The van der Waals surface area contributed by atoms with Gasteiger partial charge in [-0.05, 0) is 20.3 Å². The first kappa shape index (κ1) is 16.4. The fraction of sp³-hybridized carbons (Fsp3) is 0.500. The van der Waals surface area contributed by atoms with E-state index in [0.29, 0.717) is 17.8 Å². The average molecular weight is 300 g/mol. The van der Waals surface area contributed by atoms with Crippen LogP contribution >= 0.6 is 0 Å². The summed E-state index contributed by atoms with van der Waals surface area (Å²) in [4.78, 5) is 25.0. The Morgan fingerprint density at radius 3 is 2.45 bits per heavy atom. The molecule has 0 fully saturated rings. The third kappa shape index (κ3) is 3.62. The van der Waals surface area contributed by atoms with Gasteiger partial charge < -0.3 is 0 Å². The van der Waals surface area contributed by atoms with E-state index in [2.05, 4.69) is 12.0 Å². The molecule has 0 bridgehead atoms. The number of unbranched alkanes of at least 4 members (excludes halogenated alkanes) is 3. The van der Waals surface area contributed by atoms with Crippen molar-refractivity contribution in [3.05, 3.63) is 35.4 Å². The minimum absolute atomic E-state index is 0.151. The van der Waals surface area contributed by atoms with Crippen molar-refractivity contribution in [2.24, 2.45) is 11.0 Å². The lowest BCUT2D eigenvalue weighted by Crippen LogP contribution is -2.33. The molecule has 0 N–H and O–H groups in total. The SMILES string of the molecule is CCCCCCN1N=C(C)[C@@H](C(=O)c2ccc(C)cc2)C1=O. The number of nitrogens with zero attached hydrogens (tertiary/aromatic N) is 2. The van der Waals surface area contributed by atoms with Crippen LogP contribution in [0.1, 0.15) is 55.5 Å². The monoisotopic (exact) mass is 300 g/mol. The number of carbonyl (C=O) groups excluding carboxylic acids is 2. The Morgan fingerprint density at radius 1 is 1.14 bits per heavy atom. The Hall–Kier alpha value is -1.97. The summed E-state index contributed by atoms with van der Waals surface area (Å²) in [6.07, 6.45) is 4.34. The summed E-state index contributed by atoms with van der Waals surface area (Å²) in [5.74, 6) is -1.07. The maximum absolute atomic E-state index is 12.6. The summed E-state index contributed by atoms with van der Waals surface area (Å²) in [5.41, 5.74) is 2.27. The number of carbonyl (C=O) groups is 2. The van der Waals surface area contributed by atoms with Crippen LogP contribution < -0.4 is 0 Å². The molecule has 1 aromatic carbocycles. The second-order valence-corrected chi connectivity index (χ2v) is 5.93. The Balaban J connectivity index is 2.03. The highest BCUT2D eigenvalue weighted by atomic mass is 16.2. The van der Waals surface area contributed by atoms with Crippen LogP contribution in [-0.2, 0) is 4.79 Å². The van der Waals surface area contributed by atoms with Crippen molar-refractivity contribution in [3.63, 3.8) is 0 Å². The summed E-state index contributed by atoms with van der Waals surface area (Å²) >= 11 is 0. The zero-order valence-electron chi connectivity index (χ0n) is 13.6. The van der Waals surface area contributed by atoms with Crippen LogP contribution in [0, 0.1) is 12.8 Å². The van der Waals surface area contributed by atoms with E-state index in [0.717, 1.165) is 31.2 Å². The van der Waals surface area contributed by atoms with Gasteiger partial charge in [0.1, 0.15) is 5.92 Å². The predicted octanol–water partition coefficient (Wildman–Crippen LogP) is 3.59. The Morgan fingerprint density at radius 2 is 1.82 bits per heavy atom. The number of ketones is 1. The molecule has 4 heteroatoms. The van der Waals surface area contributed by atoms with Crippen molar-refractivity contribution in [2.45, 2.75) is 46.5 Å². The normalized spacial score (nSPS) is 17.8. The molecule has 0 aromatic heterocycles. The molecule has 118 valence electrons. The van der Waals surface area contributed by atoms with Crippen LogP contribution in [-0.4, -0.2) is 29.0 Å². The van der Waals surface area contributed by atoms with Gasteiger partial charge in [0.2, 0.25) is 0 Å². The number of aryl methyl sites for hydroxylation is 1. The summed E-state index contributed by atoms with van der Waals surface area (Å²) in [6, 6.07) is 7.34. The standard InChI is InChI=1S/C18H24N2O2/c1-4-5-6-7-12-20-18(22)16(14(3)19-20)17(21)15-10-8-13(2)9-11-15/h8-11,16H,4-7,12H2,1-3H3/t16-/m0/s1. The summed E-state index contributed by atoms with van der Waals surface area (Å²) in [6.45, 7) is 6.49. The van der Waals surface area contributed by atoms with Gasteiger partial charge in [0.25, 0.3) is 5.91 Å². The van der Waals surface area contributed by atoms with Gasteiger partial charge in [-0.3, -0.25) is 9.59 Å². The van der Waals surface area contributed by atoms with Crippen LogP contribution in [0.4, 0.5) is 0 Å². The molecule has 0 radical (unpaired) electrons. The largest absolute Gasteiger partial charge is 0.293 e. The van der Waals surface area contributed by atoms with E-state index < -0.39 is 5.92 Å². The molecule has 1 atom stereocenters. The molecule has 0 saturated carbocycles. The lowest BCUT2D eigenvalue weighted by Gasteiger charge is -2.13. The number of hydrazone groups is 1. The third-order valence-corrected chi connectivity index (χ3v) is 4.02. The Labute approximate surface area is 132 Å². The van der Waals surface area contributed by atoms with Crippen LogP contribution in [0.2, 0.25) is 0 Å². The fourth-order valence-corrected chi connectivity index (χ4v) is 2.66. The van der Waals surface area contributed by atoms with Crippen molar-refractivity contribution < 1.29 is 9.59 Å². The fourth-order valence-electron chi connectivity index (χ4n) is 2.66. The van der Waals surface area contributed by atoms with Crippen molar-refractivity contribution in [1.82, 2.24) is 5.01 Å². The smallest absolute Gasteiger partial charge is 0.259 e. The van der Waals surface area contributed by atoms with Gasteiger partial charge in [0, 0.05) is 12.1 Å². The first-order valence-electron chi connectivity index (χ1n) is 8.02. The summed E-state index contributed by atoms with van der Waals surface area (Å²) in [5, 5.41) is 5.77. The minimum atomic E-state index is -0.742. The topological polar surface area (TPSA) is 49.7 Å². The maximum atomic E-state index is 12.6. The lowest BCUT2D eigenvalue weighted by atomic mass is 9.93. The molecule has 1 heterocycles. The molecule has 4 nitrogen and oxygen atoms in total. The van der Waals surface area contributed by atoms with Gasteiger partial charge >= 0.3 is 0 Å². The quantitative estimate of drug-likeness (QED) is 0.439. The van der Waals surface area contributed by atoms with Crippen molar-refractivity contribution in [1.29, 1.82) is 0 Å². The average Bonchev–Trinajstić information content (AvgIpc) is 2.78. The molecule has 0 saturated heterocycles. The van der Waals surface area contributed by atoms with Crippen molar-refractivity contribution in [2.75, 3.05) is 6.54 Å². The molecule has 1 aliphatic heterocycles. The van der Waals surface area contributed by atoms with Crippen molar-refractivity contribution >= 4 is 17.4 Å². The molecular formula is C18H24N2O2. The van der Waals surface area contributed by atoms with E-state index in [-0.39, 0.29) is 11.7 Å². The number of benzene rings is 1. The van der Waals surface area contributed by atoms with E-state index in [4.69, 9.17) is 0 Å². The molecule has 1 aromatic rings. The zero-order chi connectivity index (χ0) is 16.1. The zero-order valence-corrected chi connectivity index (χ0v) is 13.6. The highest BCUT2D eigenvalue weighted by Crippen LogP contribution is 2.21. The summed E-state index contributed by atoms with van der Waals surface area (Å²) < 4.78 is 0. The number of amides is 1. The second-order valence-electron chi connectivity index (χ2n) is 5.93. The van der Waals surface area contributed by atoms with Gasteiger partial charge in [0.05, 0.1) is 5.71 Å². The lowest BCUT2D eigenvalue weighted by molar-refractivity contribution is -0.130. The van der Waals surface area contributed by atoms with E-state index in [1.54, 1.807) is 19.1 Å². The number of hydrogen-bond acceptors (Lipinski definition) is 3. The van der Waals surface area contributed by atoms with Crippen LogP contribution in [0.15, 0.2) is 29.4 Å². The predicted molar refractivity (Wildman–Crippen MR) is 88.0 cm³/mol. The van der Waals surface area contributed by atoms with Gasteiger partial charge in [-0.25, -0.2) is 5.01 Å². The molecule has 0 unspecified atom stereocenters. The van der Waals surface area contributed by atoms with Crippen LogP contribution in [0.3, 0.4) is 0 Å². The Bertz CT molecular complexity index is 575. The van der Waals surface area contributed by atoms with E-state index >= 15 is 0 Å². The Kier molecular flexibility index (Phi) is 5.47. The molecule has 0 spiro atoms. The van der Waals surface area contributed by atoms with Gasteiger partial charge in [0.15, 0.2) is 5.78 Å². The van der Waals surface area contributed by atoms with Gasteiger partial charge in [-0.2, -0.15) is 5.10 Å². The molecule has 1 amide bonds. The molecule has 2 rings (SSSR count). The van der Waals surface area contributed by atoms with Crippen LogP contribution in [0.5, 0.6) is 0 Å².